The lowest BCUT2D eigenvalue weighted by Gasteiger charge is -2.25. The van der Waals surface area contributed by atoms with Crippen LogP contribution in [0.4, 0.5) is 11.4 Å². The van der Waals surface area contributed by atoms with Gasteiger partial charge < -0.3 is 15.3 Å². The molecule has 1 saturated heterocycles. The number of aliphatic hydroxyl groups excluding tert-OH is 1. The van der Waals surface area contributed by atoms with Gasteiger partial charge in [0.15, 0.2) is 0 Å². The van der Waals surface area contributed by atoms with Crippen molar-refractivity contribution in [2.45, 2.75) is 25.5 Å². The van der Waals surface area contributed by atoms with Crippen LogP contribution in [0.1, 0.15) is 18.4 Å². The lowest BCUT2D eigenvalue weighted by atomic mass is 10.1. The largest absolute Gasteiger partial charge is 0.392 e. The smallest absolute Gasteiger partial charge is 0.292 e. The number of nitro benzene ring substituents is 1. The van der Waals surface area contributed by atoms with E-state index in [9.17, 15) is 14.9 Å². The van der Waals surface area contributed by atoms with Crippen LogP contribution in [0, 0.1) is 10.1 Å². The third-order valence-electron chi connectivity index (χ3n) is 3.53. The van der Waals surface area contributed by atoms with Crippen LogP contribution in [0.15, 0.2) is 18.2 Å². The lowest BCUT2D eigenvalue weighted by molar-refractivity contribution is -0.384. The molecule has 1 atom stereocenters. The SMILES string of the molecule is CNC(=O)C1CCCN1c1ccc(CO)cc1[N+](=O)[O-]. The summed E-state index contributed by atoms with van der Waals surface area (Å²) in [7, 11) is 1.56. The Morgan fingerprint density at radius 2 is 2.35 bits per heavy atom. The molecule has 0 spiro atoms. The molecule has 1 aliphatic rings. The van der Waals surface area contributed by atoms with Crippen molar-refractivity contribution in [3.8, 4) is 0 Å². The maximum absolute atomic E-state index is 11.8. The minimum absolute atomic E-state index is 0.0765. The van der Waals surface area contributed by atoms with Gasteiger partial charge in [-0.05, 0) is 24.5 Å². The van der Waals surface area contributed by atoms with Gasteiger partial charge in [-0.15, -0.1) is 0 Å². The van der Waals surface area contributed by atoms with E-state index in [4.69, 9.17) is 5.11 Å². The average Bonchev–Trinajstić information content (AvgIpc) is 2.94. The number of hydrogen-bond donors (Lipinski definition) is 2. The van der Waals surface area contributed by atoms with Gasteiger partial charge in [0, 0.05) is 19.7 Å². The molecule has 1 unspecified atom stereocenters. The Morgan fingerprint density at radius 1 is 1.60 bits per heavy atom. The molecule has 7 heteroatoms. The number of carbonyl (C=O) groups is 1. The highest BCUT2D eigenvalue weighted by Gasteiger charge is 2.33. The van der Waals surface area contributed by atoms with Gasteiger partial charge in [0.1, 0.15) is 11.7 Å². The lowest BCUT2D eigenvalue weighted by Crippen LogP contribution is -2.42. The zero-order chi connectivity index (χ0) is 14.7. The van der Waals surface area contributed by atoms with Crippen molar-refractivity contribution in [3.05, 3.63) is 33.9 Å². The molecule has 20 heavy (non-hydrogen) atoms. The van der Waals surface area contributed by atoms with E-state index >= 15 is 0 Å². The van der Waals surface area contributed by atoms with E-state index in [2.05, 4.69) is 5.32 Å². The van der Waals surface area contributed by atoms with Crippen molar-refractivity contribution in [1.82, 2.24) is 5.32 Å². The van der Waals surface area contributed by atoms with Crippen LogP contribution >= 0.6 is 0 Å². The second kappa shape index (κ2) is 5.87. The highest BCUT2D eigenvalue weighted by molar-refractivity contribution is 5.86. The predicted molar refractivity (Wildman–Crippen MR) is 73.5 cm³/mol. The van der Waals surface area contributed by atoms with E-state index < -0.39 is 4.92 Å². The number of benzene rings is 1. The molecule has 1 amide bonds. The molecule has 1 aromatic rings. The molecular formula is C13H17N3O4. The number of likely N-dealkylation sites (N-methyl/N-ethyl adjacent to an activating group) is 1. The summed E-state index contributed by atoms with van der Waals surface area (Å²) in [6.07, 6.45) is 1.50. The quantitative estimate of drug-likeness (QED) is 0.628. The molecule has 0 radical (unpaired) electrons. The Morgan fingerprint density at radius 3 is 2.95 bits per heavy atom. The van der Waals surface area contributed by atoms with E-state index in [0.29, 0.717) is 24.2 Å². The standard InChI is InChI=1S/C13H17N3O4/c1-14-13(18)11-3-2-6-15(11)10-5-4-9(8-17)7-12(10)16(19)20/h4-5,7,11,17H,2-3,6,8H2,1H3,(H,14,18). The van der Waals surface area contributed by atoms with Crippen molar-refractivity contribution in [1.29, 1.82) is 0 Å². The van der Waals surface area contributed by atoms with Gasteiger partial charge >= 0.3 is 0 Å². The Hall–Kier alpha value is -2.15. The molecule has 0 aliphatic carbocycles. The molecule has 7 nitrogen and oxygen atoms in total. The first-order chi connectivity index (χ1) is 9.58. The van der Waals surface area contributed by atoms with Crippen LogP contribution in [0.2, 0.25) is 0 Å². The Labute approximate surface area is 116 Å². The summed E-state index contributed by atoms with van der Waals surface area (Å²) in [5, 5.41) is 22.9. The molecule has 2 rings (SSSR count). The minimum Gasteiger partial charge on any atom is -0.392 e. The summed E-state index contributed by atoms with van der Waals surface area (Å²) in [6, 6.07) is 4.22. The topological polar surface area (TPSA) is 95.7 Å². The van der Waals surface area contributed by atoms with Gasteiger partial charge in [0.05, 0.1) is 11.5 Å². The average molecular weight is 279 g/mol. The van der Waals surface area contributed by atoms with Crippen LogP contribution < -0.4 is 10.2 Å². The van der Waals surface area contributed by atoms with Gasteiger partial charge in [0.25, 0.3) is 5.69 Å². The zero-order valence-corrected chi connectivity index (χ0v) is 11.2. The summed E-state index contributed by atoms with van der Waals surface area (Å²) < 4.78 is 0. The zero-order valence-electron chi connectivity index (χ0n) is 11.2. The Bertz CT molecular complexity index is 532. The number of aliphatic hydroxyl groups is 1. The summed E-state index contributed by atoms with van der Waals surface area (Å²) in [5.74, 6) is -0.136. The van der Waals surface area contributed by atoms with Gasteiger partial charge in [-0.1, -0.05) is 6.07 Å². The molecule has 1 fully saturated rings. The molecule has 1 heterocycles. The molecular weight excluding hydrogens is 262 g/mol. The van der Waals surface area contributed by atoms with Crippen molar-refractivity contribution in [2.75, 3.05) is 18.5 Å². The van der Waals surface area contributed by atoms with Gasteiger partial charge in [0.2, 0.25) is 5.91 Å². The van der Waals surface area contributed by atoms with Gasteiger partial charge in [-0.3, -0.25) is 14.9 Å². The van der Waals surface area contributed by atoms with Crippen LogP contribution in [0.3, 0.4) is 0 Å². The first-order valence-corrected chi connectivity index (χ1v) is 6.45. The monoisotopic (exact) mass is 279 g/mol. The highest BCUT2D eigenvalue weighted by Crippen LogP contribution is 2.34. The predicted octanol–water partition coefficient (Wildman–Crippen LogP) is 0.802. The van der Waals surface area contributed by atoms with Crippen molar-refractivity contribution in [2.24, 2.45) is 0 Å². The fourth-order valence-corrected chi connectivity index (χ4v) is 2.55. The fraction of sp³-hybridized carbons (Fsp3) is 0.462. The summed E-state index contributed by atoms with van der Waals surface area (Å²) in [4.78, 5) is 24.3. The number of rotatable bonds is 4. The third kappa shape index (κ3) is 2.57. The van der Waals surface area contributed by atoms with E-state index in [1.54, 1.807) is 24.1 Å². The normalized spacial score (nSPS) is 18.1. The number of carbonyl (C=O) groups excluding carboxylic acids is 1. The number of anilines is 1. The summed E-state index contributed by atoms with van der Waals surface area (Å²) in [6.45, 7) is 0.359. The molecule has 2 N–H and O–H groups in total. The molecule has 0 saturated carbocycles. The first kappa shape index (κ1) is 14.3. The van der Waals surface area contributed by atoms with Gasteiger partial charge in [-0.2, -0.15) is 0 Å². The molecule has 0 bridgehead atoms. The minimum atomic E-state index is -0.478. The highest BCUT2D eigenvalue weighted by atomic mass is 16.6. The van der Waals surface area contributed by atoms with Crippen LogP contribution in [0.25, 0.3) is 0 Å². The number of nitrogens with one attached hydrogen (secondary N) is 1. The Balaban J connectivity index is 2.41. The molecule has 108 valence electrons. The van der Waals surface area contributed by atoms with E-state index in [0.717, 1.165) is 6.42 Å². The molecule has 0 aromatic heterocycles. The second-order valence-electron chi connectivity index (χ2n) is 4.70. The maximum Gasteiger partial charge on any atom is 0.292 e. The van der Waals surface area contributed by atoms with Crippen molar-refractivity contribution in [3.63, 3.8) is 0 Å². The third-order valence-corrected chi connectivity index (χ3v) is 3.53. The number of nitrogens with zero attached hydrogens (tertiary/aromatic N) is 2. The molecule has 1 aliphatic heterocycles. The maximum atomic E-state index is 11.8. The molecule has 1 aromatic carbocycles. The Kier molecular flexibility index (Phi) is 4.19. The van der Waals surface area contributed by atoms with Crippen molar-refractivity contribution < 1.29 is 14.8 Å². The number of amides is 1. The van der Waals surface area contributed by atoms with E-state index in [1.807, 2.05) is 0 Å². The fourth-order valence-electron chi connectivity index (χ4n) is 2.55. The van der Waals surface area contributed by atoms with E-state index in [1.165, 1.54) is 6.07 Å². The van der Waals surface area contributed by atoms with Crippen LogP contribution in [-0.4, -0.2) is 35.6 Å². The summed E-state index contributed by atoms with van der Waals surface area (Å²) >= 11 is 0. The first-order valence-electron chi connectivity index (χ1n) is 6.45. The van der Waals surface area contributed by atoms with E-state index in [-0.39, 0.29) is 24.2 Å². The number of nitro groups is 1. The van der Waals surface area contributed by atoms with Crippen molar-refractivity contribution >= 4 is 17.3 Å². The van der Waals surface area contributed by atoms with Gasteiger partial charge in [-0.25, -0.2) is 0 Å². The number of hydrogen-bond acceptors (Lipinski definition) is 5. The van der Waals surface area contributed by atoms with Crippen LogP contribution in [0.5, 0.6) is 0 Å². The van der Waals surface area contributed by atoms with Crippen LogP contribution in [-0.2, 0) is 11.4 Å². The summed E-state index contributed by atoms with van der Waals surface area (Å²) in [5.41, 5.74) is 0.835. The second-order valence-corrected chi connectivity index (χ2v) is 4.70.